The van der Waals surface area contributed by atoms with E-state index in [9.17, 15) is 4.79 Å². The van der Waals surface area contributed by atoms with Crippen LogP contribution in [-0.2, 0) is 0 Å². The van der Waals surface area contributed by atoms with Crippen molar-refractivity contribution in [3.05, 3.63) is 24.3 Å². The number of carbonyl (C=O) groups is 1. The molecule has 0 heterocycles. The SMILES string of the molecule is C#CCOc1cccc(NC(=O)NCC(C)CCO)c1. The maximum atomic E-state index is 11.7. The summed E-state index contributed by atoms with van der Waals surface area (Å²) in [4.78, 5) is 11.7. The maximum absolute atomic E-state index is 11.7. The van der Waals surface area contributed by atoms with Crippen molar-refractivity contribution in [2.45, 2.75) is 13.3 Å². The standard InChI is InChI=1S/C15H20N2O3/c1-3-9-20-14-6-4-5-13(10-14)17-15(19)16-11-12(2)7-8-18/h1,4-6,10,12,18H,7-9,11H2,2H3,(H2,16,17,19). The summed E-state index contributed by atoms with van der Waals surface area (Å²) < 4.78 is 5.27. The van der Waals surface area contributed by atoms with Crippen molar-refractivity contribution < 1.29 is 14.6 Å². The van der Waals surface area contributed by atoms with E-state index in [4.69, 9.17) is 16.3 Å². The van der Waals surface area contributed by atoms with Gasteiger partial charge < -0.3 is 20.5 Å². The first kappa shape index (κ1) is 15.9. The minimum atomic E-state index is -0.288. The molecule has 0 aliphatic carbocycles. The van der Waals surface area contributed by atoms with Gasteiger partial charge in [-0.1, -0.05) is 18.9 Å². The van der Waals surface area contributed by atoms with Crippen molar-refractivity contribution in [3.63, 3.8) is 0 Å². The molecule has 108 valence electrons. The fourth-order valence-corrected chi connectivity index (χ4v) is 1.55. The molecule has 0 spiro atoms. The van der Waals surface area contributed by atoms with E-state index in [-0.39, 0.29) is 25.2 Å². The Hall–Kier alpha value is -2.19. The summed E-state index contributed by atoms with van der Waals surface area (Å²) in [5.41, 5.74) is 0.631. The second kappa shape index (κ2) is 8.83. The number of hydrogen-bond acceptors (Lipinski definition) is 3. The van der Waals surface area contributed by atoms with Gasteiger partial charge in [-0.2, -0.15) is 0 Å². The number of terminal acetylenes is 1. The Balaban J connectivity index is 2.43. The molecule has 0 aliphatic heterocycles. The Morgan fingerprint density at radius 1 is 1.55 bits per heavy atom. The highest BCUT2D eigenvalue weighted by Gasteiger charge is 2.05. The quantitative estimate of drug-likeness (QED) is 0.665. The molecule has 5 nitrogen and oxygen atoms in total. The van der Waals surface area contributed by atoms with Gasteiger partial charge in [0.05, 0.1) is 0 Å². The summed E-state index contributed by atoms with van der Waals surface area (Å²) >= 11 is 0. The Morgan fingerprint density at radius 3 is 3.05 bits per heavy atom. The fourth-order valence-electron chi connectivity index (χ4n) is 1.55. The predicted molar refractivity (Wildman–Crippen MR) is 78.7 cm³/mol. The normalized spacial score (nSPS) is 11.2. The molecule has 1 aromatic rings. The van der Waals surface area contributed by atoms with Crippen LogP contribution in [-0.4, -0.2) is 30.9 Å². The molecule has 3 N–H and O–H groups in total. The van der Waals surface area contributed by atoms with Crippen molar-refractivity contribution in [1.82, 2.24) is 5.32 Å². The number of benzene rings is 1. The molecular weight excluding hydrogens is 256 g/mol. The molecule has 0 saturated heterocycles. The number of nitrogens with one attached hydrogen (secondary N) is 2. The highest BCUT2D eigenvalue weighted by molar-refractivity contribution is 5.89. The number of hydrogen-bond donors (Lipinski definition) is 3. The number of amides is 2. The van der Waals surface area contributed by atoms with Gasteiger partial charge in [0.15, 0.2) is 0 Å². The second-order valence-corrected chi connectivity index (χ2v) is 4.47. The van der Waals surface area contributed by atoms with Gasteiger partial charge in [0.1, 0.15) is 12.4 Å². The Kier molecular flexibility index (Phi) is 7.01. The van der Waals surface area contributed by atoms with E-state index in [1.165, 1.54) is 0 Å². The van der Waals surface area contributed by atoms with Crippen LogP contribution < -0.4 is 15.4 Å². The Bertz CT molecular complexity index is 468. The highest BCUT2D eigenvalue weighted by Crippen LogP contribution is 2.17. The largest absolute Gasteiger partial charge is 0.481 e. The van der Waals surface area contributed by atoms with Gasteiger partial charge in [0, 0.05) is 24.9 Å². The minimum Gasteiger partial charge on any atom is -0.481 e. The number of aliphatic hydroxyl groups excluding tert-OH is 1. The van der Waals surface area contributed by atoms with Crippen LogP contribution in [0.15, 0.2) is 24.3 Å². The van der Waals surface area contributed by atoms with Crippen molar-refractivity contribution in [2.24, 2.45) is 5.92 Å². The lowest BCUT2D eigenvalue weighted by molar-refractivity contribution is 0.243. The van der Waals surface area contributed by atoms with Crippen molar-refractivity contribution in [3.8, 4) is 18.1 Å². The molecule has 20 heavy (non-hydrogen) atoms. The third-order valence-corrected chi connectivity index (χ3v) is 2.65. The third kappa shape index (κ3) is 6.12. The highest BCUT2D eigenvalue weighted by atomic mass is 16.5. The first-order valence-corrected chi connectivity index (χ1v) is 6.47. The molecular formula is C15H20N2O3. The number of anilines is 1. The van der Waals surface area contributed by atoms with Crippen LogP contribution in [0.5, 0.6) is 5.75 Å². The van der Waals surface area contributed by atoms with Gasteiger partial charge >= 0.3 is 6.03 Å². The van der Waals surface area contributed by atoms with Crippen LogP contribution in [0, 0.1) is 18.3 Å². The number of urea groups is 1. The van der Waals surface area contributed by atoms with Crippen LogP contribution in [0.2, 0.25) is 0 Å². The second-order valence-electron chi connectivity index (χ2n) is 4.47. The molecule has 0 aromatic heterocycles. The van der Waals surface area contributed by atoms with E-state index in [1.807, 2.05) is 6.92 Å². The van der Waals surface area contributed by atoms with Gasteiger partial charge in [-0.05, 0) is 24.5 Å². The van der Waals surface area contributed by atoms with Crippen LogP contribution in [0.4, 0.5) is 10.5 Å². The summed E-state index contributed by atoms with van der Waals surface area (Å²) in [6.45, 7) is 2.79. The minimum absolute atomic E-state index is 0.124. The molecule has 1 aromatic carbocycles. The smallest absolute Gasteiger partial charge is 0.319 e. The van der Waals surface area contributed by atoms with Gasteiger partial charge in [-0.3, -0.25) is 0 Å². The van der Waals surface area contributed by atoms with Crippen LogP contribution in [0.25, 0.3) is 0 Å². The van der Waals surface area contributed by atoms with E-state index in [1.54, 1.807) is 24.3 Å². The molecule has 5 heteroatoms. The van der Waals surface area contributed by atoms with Crippen LogP contribution in [0.1, 0.15) is 13.3 Å². The molecule has 0 saturated carbocycles. The molecule has 0 aliphatic rings. The summed E-state index contributed by atoms with van der Waals surface area (Å²) in [6, 6.07) is 6.72. The van der Waals surface area contributed by atoms with E-state index in [0.29, 0.717) is 24.4 Å². The van der Waals surface area contributed by atoms with E-state index < -0.39 is 0 Å². The molecule has 0 radical (unpaired) electrons. The van der Waals surface area contributed by atoms with Gasteiger partial charge in [-0.15, -0.1) is 6.42 Å². The summed E-state index contributed by atoms with van der Waals surface area (Å²) in [5, 5.41) is 14.2. The van der Waals surface area contributed by atoms with E-state index in [2.05, 4.69) is 16.6 Å². The Morgan fingerprint density at radius 2 is 2.35 bits per heavy atom. The molecule has 1 rings (SSSR count). The Labute approximate surface area is 119 Å². The van der Waals surface area contributed by atoms with Crippen molar-refractivity contribution >= 4 is 11.7 Å². The molecule has 1 unspecified atom stereocenters. The predicted octanol–water partition coefficient (Wildman–Crippen LogP) is 1.84. The van der Waals surface area contributed by atoms with Gasteiger partial charge in [0.2, 0.25) is 0 Å². The monoisotopic (exact) mass is 276 g/mol. The van der Waals surface area contributed by atoms with Gasteiger partial charge in [0.25, 0.3) is 0 Å². The van der Waals surface area contributed by atoms with Crippen LogP contribution >= 0.6 is 0 Å². The molecule has 1 atom stereocenters. The molecule has 2 amide bonds. The summed E-state index contributed by atoms with van der Waals surface area (Å²) in [7, 11) is 0. The third-order valence-electron chi connectivity index (χ3n) is 2.65. The molecule has 0 fully saturated rings. The van der Waals surface area contributed by atoms with E-state index >= 15 is 0 Å². The number of ether oxygens (including phenoxy) is 1. The lowest BCUT2D eigenvalue weighted by atomic mass is 10.1. The first-order valence-electron chi connectivity index (χ1n) is 6.47. The molecule has 0 bridgehead atoms. The number of carbonyl (C=O) groups excluding carboxylic acids is 1. The zero-order valence-corrected chi connectivity index (χ0v) is 11.6. The summed E-state index contributed by atoms with van der Waals surface area (Å²) in [5.74, 6) is 3.22. The maximum Gasteiger partial charge on any atom is 0.319 e. The lowest BCUT2D eigenvalue weighted by Gasteiger charge is -2.12. The topological polar surface area (TPSA) is 70.6 Å². The van der Waals surface area contributed by atoms with Gasteiger partial charge in [-0.25, -0.2) is 4.79 Å². The average molecular weight is 276 g/mol. The zero-order chi connectivity index (χ0) is 14.8. The summed E-state index contributed by atoms with van der Waals surface area (Å²) in [6.07, 6.45) is 5.78. The lowest BCUT2D eigenvalue weighted by Crippen LogP contribution is -2.32. The van der Waals surface area contributed by atoms with Crippen LogP contribution in [0.3, 0.4) is 0 Å². The average Bonchev–Trinajstić information content (AvgIpc) is 2.44. The van der Waals surface area contributed by atoms with Crippen molar-refractivity contribution in [2.75, 3.05) is 25.1 Å². The van der Waals surface area contributed by atoms with Crippen molar-refractivity contribution in [1.29, 1.82) is 0 Å². The number of aliphatic hydroxyl groups is 1. The number of rotatable bonds is 7. The zero-order valence-electron chi connectivity index (χ0n) is 11.6. The first-order chi connectivity index (χ1) is 9.65. The fraction of sp³-hybridized carbons (Fsp3) is 0.400. The van der Waals surface area contributed by atoms with E-state index in [0.717, 1.165) is 0 Å².